The number of rotatable bonds is 9. The fourth-order valence-corrected chi connectivity index (χ4v) is 5.67. The number of thiophene rings is 1. The molecule has 9 nitrogen and oxygen atoms in total. The van der Waals surface area contributed by atoms with Gasteiger partial charge in [-0.3, -0.25) is 24.0 Å². The number of aryl methyl sites for hydroxylation is 1. The van der Waals surface area contributed by atoms with Crippen molar-refractivity contribution in [3.05, 3.63) is 73.8 Å². The lowest BCUT2D eigenvalue weighted by Gasteiger charge is -2.17. The number of nitrogens with zero attached hydrogens (tertiary/aromatic N) is 3. The first kappa shape index (κ1) is 26.3. The fourth-order valence-electron chi connectivity index (χ4n) is 4.71. The van der Waals surface area contributed by atoms with Crippen LogP contribution in [0.5, 0.6) is 5.75 Å². The summed E-state index contributed by atoms with van der Waals surface area (Å²) in [6.45, 7) is 5.81. The Kier molecular flexibility index (Phi) is 8.01. The second-order valence-electron chi connectivity index (χ2n) is 9.35. The molecule has 2 aromatic heterocycles. The molecule has 0 saturated carbocycles. The highest BCUT2D eigenvalue weighted by molar-refractivity contribution is 7.18. The van der Waals surface area contributed by atoms with Crippen molar-refractivity contribution in [3.63, 3.8) is 0 Å². The molecule has 0 bridgehead atoms. The molecule has 2 saturated heterocycles. The number of amides is 2. The van der Waals surface area contributed by atoms with E-state index in [0.29, 0.717) is 39.5 Å². The standard InChI is InChI=1S/C27H29ClN4O5S/c1-18-15-19(32-17-20(37-27(32)35)16-29-25(33)23-8-9-24(28)38-23)6-7-21(18)31-12-4-5-22(26(31)34)36-14-13-30-10-2-3-11-30/h4-9,12,15,20H,2-3,10-11,13-14,16-17H2,1H3,(H,29,33)/t20-/m0/s1. The van der Waals surface area contributed by atoms with E-state index < -0.39 is 12.2 Å². The van der Waals surface area contributed by atoms with Gasteiger partial charge in [0.15, 0.2) is 5.75 Å². The van der Waals surface area contributed by atoms with E-state index in [-0.39, 0.29) is 18.0 Å². The van der Waals surface area contributed by atoms with Gasteiger partial charge in [-0.1, -0.05) is 11.6 Å². The Morgan fingerprint density at radius 1 is 1.18 bits per heavy atom. The highest BCUT2D eigenvalue weighted by atomic mass is 35.5. The van der Waals surface area contributed by atoms with Crippen LogP contribution in [0.3, 0.4) is 0 Å². The van der Waals surface area contributed by atoms with Crippen LogP contribution in [0.2, 0.25) is 4.34 Å². The van der Waals surface area contributed by atoms with Gasteiger partial charge in [-0.05, 0) is 80.9 Å². The van der Waals surface area contributed by atoms with Crippen LogP contribution in [0.15, 0.2) is 53.5 Å². The zero-order valence-corrected chi connectivity index (χ0v) is 22.6. The number of aromatic nitrogens is 1. The van der Waals surface area contributed by atoms with Gasteiger partial charge in [0, 0.05) is 18.4 Å². The normalized spacial score (nSPS) is 17.6. The Labute approximate surface area is 229 Å². The van der Waals surface area contributed by atoms with E-state index in [1.165, 1.54) is 29.1 Å². The number of halogens is 1. The molecule has 2 amide bonds. The topological polar surface area (TPSA) is 93.1 Å². The molecule has 4 heterocycles. The average molecular weight is 557 g/mol. The number of hydrogen-bond donors (Lipinski definition) is 1. The third-order valence-corrected chi connectivity index (χ3v) is 7.92. The summed E-state index contributed by atoms with van der Waals surface area (Å²) in [4.78, 5) is 42.3. The first-order chi connectivity index (χ1) is 18.4. The molecule has 5 rings (SSSR count). The maximum atomic E-state index is 13.1. The second kappa shape index (κ2) is 11.6. The molecule has 3 aromatic rings. The van der Waals surface area contributed by atoms with Crippen molar-refractivity contribution in [1.29, 1.82) is 0 Å². The minimum Gasteiger partial charge on any atom is -0.487 e. The SMILES string of the molecule is Cc1cc(N2C[C@H](CNC(=O)c3ccc(Cl)s3)OC2=O)ccc1-n1cccc(OCCN2CCCC2)c1=O. The van der Waals surface area contributed by atoms with E-state index >= 15 is 0 Å². The summed E-state index contributed by atoms with van der Waals surface area (Å²) in [5.41, 5.74) is 1.95. The van der Waals surface area contributed by atoms with Crippen molar-refractivity contribution in [3.8, 4) is 11.4 Å². The number of pyridine rings is 1. The number of hydrogen-bond acceptors (Lipinski definition) is 7. The third-order valence-electron chi connectivity index (χ3n) is 6.69. The van der Waals surface area contributed by atoms with Crippen molar-refractivity contribution in [2.45, 2.75) is 25.9 Å². The minimum absolute atomic E-state index is 0.188. The average Bonchev–Trinajstić information content (AvgIpc) is 3.66. The van der Waals surface area contributed by atoms with Crippen molar-refractivity contribution >= 4 is 40.6 Å². The predicted molar refractivity (Wildman–Crippen MR) is 147 cm³/mol. The molecule has 2 aliphatic heterocycles. The number of carbonyl (C=O) groups excluding carboxylic acids is 2. The molecule has 1 N–H and O–H groups in total. The first-order valence-electron chi connectivity index (χ1n) is 12.6. The number of ether oxygens (including phenoxy) is 2. The van der Waals surface area contributed by atoms with Gasteiger partial charge in [-0.2, -0.15) is 0 Å². The molecule has 38 heavy (non-hydrogen) atoms. The molecular formula is C27H29ClN4O5S. The molecule has 0 aliphatic carbocycles. The summed E-state index contributed by atoms with van der Waals surface area (Å²) < 4.78 is 13.4. The second-order valence-corrected chi connectivity index (χ2v) is 11.1. The lowest BCUT2D eigenvalue weighted by Crippen LogP contribution is -2.34. The highest BCUT2D eigenvalue weighted by Gasteiger charge is 2.33. The zero-order valence-electron chi connectivity index (χ0n) is 21.0. The zero-order chi connectivity index (χ0) is 26.6. The Morgan fingerprint density at radius 3 is 2.74 bits per heavy atom. The smallest absolute Gasteiger partial charge is 0.414 e. The fraction of sp³-hybridized carbons (Fsp3) is 0.370. The van der Waals surface area contributed by atoms with Crippen molar-refractivity contribution in [2.75, 3.05) is 44.2 Å². The van der Waals surface area contributed by atoms with Crippen molar-refractivity contribution in [1.82, 2.24) is 14.8 Å². The largest absolute Gasteiger partial charge is 0.487 e. The number of nitrogens with one attached hydrogen (secondary N) is 1. The molecule has 2 aliphatic rings. The van der Waals surface area contributed by atoms with Gasteiger partial charge in [0.25, 0.3) is 11.5 Å². The molecule has 1 aromatic carbocycles. The first-order valence-corrected chi connectivity index (χ1v) is 13.8. The lowest BCUT2D eigenvalue weighted by molar-refractivity contribution is 0.0920. The van der Waals surface area contributed by atoms with Gasteiger partial charge >= 0.3 is 6.09 Å². The van der Waals surface area contributed by atoms with E-state index in [1.54, 1.807) is 41.1 Å². The Hall–Kier alpha value is -3.34. The Morgan fingerprint density at radius 2 is 2.00 bits per heavy atom. The van der Waals surface area contributed by atoms with Crippen LogP contribution in [-0.4, -0.2) is 66.9 Å². The van der Waals surface area contributed by atoms with Crippen LogP contribution in [-0.2, 0) is 4.74 Å². The molecule has 1 atom stereocenters. The minimum atomic E-state index is -0.487. The van der Waals surface area contributed by atoms with E-state index in [2.05, 4.69) is 10.2 Å². The Balaban J connectivity index is 1.22. The maximum Gasteiger partial charge on any atom is 0.414 e. The number of anilines is 1. The van der Waals surface area contributed by atoms with Crippen LogP contribution >= 0.6 is 22.9 Å². The van der Waals surface area contributed by atoms with Gasteiger partial charge in [-0.15, -0.1) is 11.3 Å². The number of carbonyl (C=O) groups is 2. The van der Waals surface area contributed by atoms with Crippen LogP contribution in [0, 0.1) is 6.92 Å². The Bertz CT molecular complexity index is 1380. The maximum absolute atomic E-state index is 13.1. The van der Waals surface area contributed by atoms with Gasteiger partial charge in [0.1, 0.15) is 12.7 Å². The molecule has 0 spiro atoms. The summed E-state index contributed by atoms with van der Waals surface area (Å²) >= 11 is 7.08. The van der Waals surface area contributed by atoms with Gasteiger partial charge < -0.3 is 14.8 Å². The summed E-state index contributed by atoms with van der Waals surface area (Å²) in [5, 5.41) is 2.79. The van der Waals surface area contributed by atoms with Crippen LogP contribution < -0.4 is 20.5 Å². The number of cyclic esters (lactones) is 1. The number of benzene rings is 1. The van der Waals surface area contributed by atoms with Crippen LogP contribution in [0.25, 0.3) is 5.69 Å². The third kappa shape index (κ3) is 5.87. The van der Waals surface area contributed by atoms with Gasteiger partial charge in [0.2, 0.25) is 0 Å². The molecule has 11 heteroatoms. The van der Waals surface area contributed by atoms with Gasteiger partial charge in [0.05, 0.1) is 28.0 Å². The molecule has 200 valence electrons. The van der Waals surface area contributed by atoms with Gasteiger partial charge in [-0.25, -0.2) is 4.79 Å². The van der Waals surface area contributed by atoms with Crippen LogP contribution in [0.4, 0.5) is 10.5 Å². The summed E-state index contributed by atoms with van der Waals surface area (Å²) in [5.74, 6) is 0.0531. The molecule has 2 fully saturated rings. The van der Waals surface area contributed by atoms with E-state index in [9.17, 15) is 14.4 Å². The van der Waals surface area contributed by atoms with Crippen LogP contribution in [0.1, 0.15) is 28.1 Å². The highest BCUT2D eigenvalue weighted by Crippen LogP contribution is 2.26. The predicted octanol–water partition coefficient (Wildman–Crippen LogP) is 4.09. The van der Waals surface area contributed by atoms with E-state index in [1.807, 2.05) is 19.1 Å². The molecule has 0 radical (unpaired) electrons. The summed E-state index contributed by atoms with van der Waals surface area (Å²) in [7, 11) is 0. The molecular weight excluding hydrogens is 528 g/mol. The summed E-state index contributed by atoms with van der Waals surface area (Å²) in [6, 6.07) is 12.2. The monoisotopic (exact) mass is 556 g/mol. The quantitative estimate of drug-likeness (QED) is 0.427. The van der Waals surface area contributed by atoms with E-state index in [4.69, 9.17) is 21.1 Å². The van der Waals surface area contributed by atoms with E-state index in [0.717, 1.165) is 25.2 Å². The van der Waals surface area contributed by atoms with Crippen molar-refractivity contribution < 1.29 is 19.1 Å². The lowest BCUT2D eigenvalue weighted by atomic mass is 10.1. The molecule has 0 unspecified atom stereocenters. The van der Waals surface area contributed by atoms with Crippen molar-refractivity contribution in [2.24, 2.45) is 0 Å². The number of likely N-dealkylation sites (tertiary alicyclic amines) is 1. The summed E-state index contributed by atoms with van der Waals surface area (Å²) in [6.07, 6.45) is 3.16.